The summed E-state index contributed by atoms with van der Waals surface area (Å²) < 4.78 is 0. The van der Waals surface area contributed by atoms with Crippen LogP contribution in [0, 0.1) is 12.3 Å². The zero-order valence-corrected chi connectivity index (χ0v) is 6.97. The first-order chi connectivity index (χ1) is 5.41. The smallest absolute Gasteiger partial charge is 0.0573 e. The van der Waals surface area contributed by atoms with E-state index in [1.807, 2.05) is 0 Å². The Bertz CT molecular complexity index is 107. The summed E-state index contributed by atoms with van der Waals surface area (Å²) >= 11 is 0. The Hall–Kier alpha value is -0.520. The Labute approximate surface area is 69.0 Å². The van der Waals surface area contributed by atoms with E-state index in [-0.39, 0.29) is 0 Å². The van der Waals surface area contributed by atoms with Crippen LogP contribution in [0.3, 0.4) is 0 Å². The van der Waals surface area contributed by atoms with Crippen LogP contribution in [0.25, 0.3) is 0 Å². The van der Waals surface area contributed by atoms with Gasteiger partial charge in [-0.25, -0.2) is 0 Å². The summed E-state index contributed by atoms with van der Waals surface area (Å²) in [6, 6.07) is 0. The van der Waals surface area contributed by atoms with Crippen LogP contribution in [0.1, 0.15) is 25.7 Å². The van der Waals surface area contributed by atoms with Gasteiger partial charge in [-0.1, -0.05) is 18.8 Å². The monoisotopic (exact) mass is 155 g/mol. The molecule has 0 radical (unpaired) electrons. The van der Waals surface area contributed by atoms with Crippen LogP contribution in [0.15, 0.2) is 0 Å². The number of aliphatic hydroxyl groups is 1. The van der Waals surface area contributed by atoms with E-state index in [2.05, 4.69) is 11.2 Å². The quantitative estimate of drug-likeness (QED) is 0.420. The number of rotatable bonds is 7. The fourth-order valence-corrected chi connectivity index (χ4v) is 0.876. The van der Waals surface area contributed by atoms with Gasteiger partial charge in [0.05, 0.1) is 6.54 Å². The minimum atomic E-state index is 0.317. The maximum Gasteiger partial charge on any atom is 0.0573 e. The third-order valence-corrected chi connectivity index (χ3v) is 1.49. The molecule has 0 aliphatic heterocycles. The highest BCUT2D eigenvalue weighted by molar-refractivity contribution is 4.86. The van der Waals surface area contributed by atoms with E-state index in [1.54, 1.807) is 0 Å². The molecule has 11 heavy (non-hydrogen) atoms. The molecular weight excluding hydrogens is 138 g/mol. The molecule has 0 aromatic heterocycles. The minimum Gasteiger partial charge on any atom is -0.396 e. The Morgan fingerprint density at radius 1 is 1.18 bits per heavy atom. The first-order valence-electron chi connectivity index (χ1n) is 4.17. The molecule has 0 spiro atoms. The second-order valence-corrected chi connectivity index (χ2v) is 2.52. The minimum absolute atomic E-state index is 0.317. The average Bonchev–Trinajstić information content (AvgIpc) is 2.03. The van der Waals surface area contributed by atoms with Gasteiger partial charge < -0.3 is 10.4 Å². The Kier molecular flexibility index (Phi) is 9.03. The molecule has 0 aromatic rings. The summed E-state index contributed by atoms with van der Waals surface area (Å²) in [7, 11) is 0. The number of terminal acetylenes is 1. The molecule has 64 valence electrons. The van der Waals surface area contributed by atoms with Gasteiger partial charge in [0.15, 0.2) is 0 Å². The fourth-order valence-electron chi connectivity index (χ4n) is 0.876. The molecule has 0 heterocycles. The highest BCUT2D eigenvalue weighted by Gasteiger charge is 1.87. The molecule has 0 amide bonds. The van der Waals surface area contributed by atoms with Crippen molar-refractivity contribution in [2.45, 2.75) is 25.7 Å². The van der Waals surface area contributed by atoms with E-state index >= 15 is 0 Å². The molecule has 2 heteroatoms. The van der Waals surface area contributed by atoms with E-state index in [4.69, 9.17) is 11.5 Å². The maximum atomic E-state index is 8.46. The molecule has 2 nitrogen and oxygen atoms in total. The Morgan fingerprint density at radius 3 is 2.55 bits per heavy atom. The SMILES string of the molecule is C#CCNCCCCCCO. The summed E-state index contributed by atoms with van der Waals surface area (Å²) in [5.74, 6) is 2.52. The van der Waals surface area contributed by atoms with Crippen molar-refractivity contribution < 1.29 is 5.11 Å². The predicted octanol–water partition coefficient (Wildman–Crippen LogP) is 0.762. The fraction of sp³-hybridized carbons (Fsp3) is 0.778. The van der Waals surface area contributed by atoms with Crippen molar-refractivity contribution in [2.75, 3.05) is 19.7 Å². The Balaban J connectivity index is 2.75. The van der Waals surface area contributed by atoms with Gasteiger partial charge in [-0.05, 0) is 19.4 Å². The largest absolute Gasteiger partial charge is 0.396 e. The molecule has 0 rings (SSSR count). The summed E-state index contributed by atoms with van der Waals surface area (Å²) in [4.78, 5) is 0. The van der Waals surface area contributed by atoms with Gasteiger partial charge in [-0.2, -0.15) is 0 Å². The number of hydrogen-bond donors (Lipinski definition) is 2. The van der Waals surface area contributed by atoms with E-state index in [0.29, 0.717) is 13.2 Å². The first kappa shape index (κ1) is 10.5. The highest BCUT2D eigenvalue weighted by atomic mass is 16.2. The molecule has 0 aliphatic carbocycles. The average molecular weight is 155 g/mol. The van der Waals surface area contributed by atoms with Gasteiger partial charge in [0, 0.05) is 6.61 Å². The predicted molar refractivity (Wildman–Crippen MR) is 47.3 cm³/mol. The van der Waals surface area contributed by atoms with Crippen LogP contribution in [0.2, 0.25) is 0 Å². The molecule has 0 atom stereocenters. The number of aliphatic hydroxyl groups excluding tert-OH is 1. The van der Waals surface area contributed by atoms with Crippen molar-refractivity contribution in [2.24, 2.45) is 0 Å². The maximum absolute atomic E-state index is 8.46. The molecule has 0 aromatic carbocycles. The van der Waals surface area contributed by atoms with Gasteiger partial charge in [-0.3, -0.25) is 0 Å². The second kappa shape index (κ2) is 9.48. The number of unbranched alkanes of at least 4 members (excludes halogenated alkanes) is 3. The van der Waals surface area contributed by atoms with E-state index in [9.17, 15) is 0 Å². The summed E-state index contributed by atoms with van der Waals surface area (Å²) in [5.41, 5.74) is 0. The Morgan fingerprint density at radius 2 is 1.91 bits per heavy atom. The standard InChI is InChI=1S/C9H17NO/c1-2-7-10-8-5-3-4-6-9-11/h1,10-11H,3-9H2. The van der Waals surface area contributed by atoms with E-state index < -0.39 is 0 Å². The lowest BCUT2D eigenvalue weighted by Gasteiger charge is -1.99. The molecule has 2 N–H and O–H groups in total. The number of nitrogens with one attached hydrogen (secondary N) is 1. The van der Waals surface area contributed by atoms with Crippen molar-refractivity contribution in [1.82, 2.24) is 5.32 Å². The first-order valence-corrected chi connectivity index (χ1v) is 4.17. The van der Waals surface area contributed by atoms with Crippen LogP contribution in [0.4, 0.5) is 0 Å². The lowest BCUT2D eigenvalue weighted by atomic mass is 10.2. The summed E-state index contributed by atoms with van der Waals surface area (Å²) in [5, 5.41) is 11.6. The highest BCUT2D eigenvalue weighted by Crippen LogP contribution is 1.96. The van der Waals surface area contributed by atoms with Crippen molar-refractivity contribution in [3.8, 4) is 12.3 Å². The van der Waals surface area contributed by atoms with Crippen LogP contribution >= 0.6 is 0 Å². The van der Waals surface area contributed by atoms with E-state index in [0.717, 1.165) is 25.8 Å². The normalized spacial score (nSPS) is 9.45. The lowest BCUT2D eigenvalue weighted by molar-refractivity contribution is 0.282. The summed E-state index contributed by atoms with van der Waals surface area (Å²) in [6.45, 7) is 1.98. The second-order valence-electron chi connectivity index (χ2n) is 2.52. The van der Waals surface area contributed by atoms with Crippen molar-refractivity contribution in [1.29, 1.82) is 0 Å². The molecule has 0 unspecified atom stereocenters. The lowest BCUT2D eigenvalue weighted by Crippen LogP contribution is -2.14. The number of hydrogen-bond acceptors (Lipinski definition) is 2. The summed E-state index contributed by atoms with van der Waals surface area (Å²) in [6.07, 6.45) is 9.42. The molecule has 0 fully saturated rings. The van der Waals surface area contributed by atoms with Gasteiger partial charge >= 0.3 is 0 Å². The zero-order valence-electron chi connectivity index (χ0n) is 6.97. The van der Waals surface area contributed by atoms with Crippen LogP contribution < -0.4 is 5.32 Å². The third-order valence-electron chi connectivity index (χ3n) is 1.49. The van der Waals surface area contributed by atoms with Gasteiger partial charge in [-0.15, -0.1) is 6.42 Å². The van der Waals surface area contributed by atoms with Gasteiger partial charge in [0.1, 0.15) is 0 Å². The van der Waals surface area contributed by atoms with E-state index in [1.165, 1.54) is 6.42 Å². The molecular formula is C9H17NO. The molecule has 0 bridgehead atoms. The topological polar surface area (TPSA) is 32.3 Å². The zero-order chi connectivity index (χ0) is 8.36. The van der Waals surface area contributed by atoms with Crippen LogP contribution in [0.5, 0.6) is 0 Å². The van der Waals surface area contributed by atoms with Gasteiger partial charge in [0.2, 0.25) is 0 Å². The molecule has 0 saturated heterocycles. The van der Waals surface area contributed by atoms with Crippen molar-refractivity contribution >= 4 is 0 Å². The van der Waals surface area contributed by atoms with Gasteiger partial charge in [0.25, 0.3) is 0 Å². The van der Waals surface area contributed by atoms with Crippen molar-refractivity contribution in [3.05, 3.63) is 0 Å². The molecule has 0 saturated carbocycles. The van der Waals surface area contributed by atoms with Crippen molar-refractivity contribution in [3.63, 3.8) is 0 Å². The van der Waals surface area contributed by atoms with Crippen LogP contribution in [-0.2, 0) is 0 Å². The molecule has 0 aliphatic rings. The third kappa shape index (κ3) is 9.48. The van der Waals surface area contributed by atoms with Crippen LogP contribution in [-0.4, -0.2) is 24.8 Å².